The van der Waals surface area contributed by atoms with Gasteiger partial charge in [-0.25, -0.2) is 0 Å². The molecule has 1 atom stereocenters. The van der Waals surface area contributed by atoms with E-state index < -0.39 is 0 Å². The van der Waals surface area contributed by atoms with Gasteiger partial charge in [0.05, 0.1) is 0 Å². The molecule has 0 aromatic rings. The van der Waals surface area contributed by atoms with Gasteiger partial charge in [-0.2, -0.15) is 0 Å². The lowest BCUT2D eigenvalue weighted by Crippen LogP contribution is -2.46. The number of hydrogen-bond acceptors (Lipinski definition) is 0. The summed E-state index contributed by atoms with van der Waals surface area (Å²) < 4.78 is 0. The summed E-state index contributed by atoms with van der Waals surface area (Å²) >= 11 is 0. The number of unbranched alkanes of at least 4 members (excludes halogenated alkanes) is 1. The third-order valence-corrected chi connectivity index (χ3v) is 5.71. The summed E-state index contributed by atoms with van der Waals surface area (Å²) in [6.07, 6.45) is 4.05. The lowest BCUT2D eigenvalue weighted by Gasteiger charge is -2.54. The van der Waals surface area contributed by atoms with E-state index in [-0.39, 0.29) is 0 Å². The van der Waals surface area contributed by atoms with Gasteiger partial charge in [0.1, 0.15) is 0 Å². The van der Waals surface area contributed by atoms with Crippen LogP contribution in [0, 0.1) is 22.2 Å². The van der Waals surface area contributed by atoms with Crippen LogP contribution >= 0.6 is 0 Å². The molecule has 0 heterocycles. The molecule has 0 aromatic heterocycles. The van der Waals surface area contributed by atoms with Crippen molar-refractivity contribution < 1.29 is 0 Å². The number of rotatable bonds is 5. The van der Waals surface area contributed by atoms with Crippen molar-refractivity contribution >= 4 is 0 Å². The average Bonchev–Trinajstić information content (AvgIpc) is 2.11. The van der Waals surface area contributed by atoms with Gasteiger partial charge in [-0.05, 0) is 22.2 Å². The normalized spacial score (nSPS) is 16.3. The number of hydrogen-bond donors (Lipinski definition) is 0. The van der Waals surface area contributed by atoms with E-state index in [1.807, 2.05) is 0 Å². The van der Waals surface area contributed by atoms with Crippen LogP contribution in [0.2, 0.25) is 0 Å². The highest BCUT2D eigenvalue weighted by atomic mass is 14.5. The highest BCUT2D eigenvalue weighted by molar-refractivity contribution is 4.96. The Bertz CT molecular complexity index is 203. The lowest BCUT2D eigenvalue weighted by molar-refractivity contribution is -0.0465. The summed E-state index contributed by atoms with van der Waals surface area (Å²) in [7, 11) is 0. The molecular formula is C16H34. The molecule has 98 valence electrons. The van der Waals surface area contributed by atoms with E-state index in [1.54, 1.807) is 0 Å². The van der Waals surface area contributed by atoms with Gasteiger partial charge < -0.3 is 0 Å². The zero-order valence-electron chi connectivity index (χ0n) is 13.2. The molecule has 0 aliphatic rings. The first-order valence-electron chi connectivity index (χ1n) is 6.98. The highest BCUT2D eigenvalue weighted by Gasteiger charge is 2.47. The molecule has 0 radical (unpaired) electrons. The van der Waals surface area contributed by atoms with Gasteiger partial charge in [0, 0.05) is 0 Å². The molecule has 0 amide bonds. The van der Waals surface area contributed by atoms with Crippen LogP contribution in [0.15, 0.2) is 0 Å². The minimum absolute atomic E-state index is 0.354. The summed E-state index contributed by atoms with van der Waals surface area (Å²) in [6.45, 7) is 21.6. The average molecular weight is 226 g/mol. The van der Waals surface area contributed by atoms with Crippen LogP contribution in [0.3, 0.4) is 0 Å². The van der Waals surface area contributed by atoms with E-state index in [4.69, 9.17) is 0 Å². The maximum Gasteiger partial charge on any atom is -0.0252 e. The molecule has 1 unspecified atom stereocenters. The fourth-order valence-corrected chi connectivity index (χ4v) is 2.45. The van der Waals surface area contributed by atoms with E-state index in [0.717, 1.165) is 5.92 Å². The van der Waals surface area contributed by atoms with Crippen molar-refractivity contribution in [2.75, 3.05) is 0 Å². The maximum atomic E-state index is 2.46. The molecule has 0 fully saturated rings. The van der Waals surface area contributed by atoms with Crippen LogP contribution in [0.25, 0.3) is 0 Å². The van der Waals surface area contributed by atoms with Crippen molar-refractivity contribution in [1.82, 2.24) is 0 Å². The topological polar surface area (TPSA) is 0 Å². The smallest absolute Gasteiger partial charge is 0.0252 e. The SMILES string of the molecule is CCCCC(C)C(C)(C)C(C)(C)C(C)(C)C. The van der Waals surface area contributed by atoms with E-state index >= 15 is 0 Å². The van der Waals surface area contributed by atoms with Gasteiger partial charge in [-0.3, -0.25) is 0 Å². The predicted molar refractivity (Wildman–Crippen MR) is 75.7 cm³/mol. The first-order valence-corrected chi connectivity index (χ1v) is 6.98. The Kier molecular flexibility index (Phi) is 5.10. The van der Waals surface area contributed by atoms with Crippen molar-refractivity contribution in [3.05, 3.63) is 0 Å². The van der Waals surface area contributed by atoms with Gasteiger partial charge in [-0.15, -0.1) is 0 Å². The molecular weight excluding hydrogens is 192 g/mol. The standard InChI is InChI=1S/C16H34/c1-10-11-12-13(2)15(6,7)16(8,9)14(3,4)5/h13H,10-12H2,1-9H3. The van der Waals surface area contributed by atoms with E-state index in [0.29, 0.717) is 16.2 Å². The Hall–Kier alpha value is 0. The minimum Gasteiger partial charge on any atom is -0.0654 e. The lowest BCUT2D eigenvalue weighted by atomic mass is 9.51. The van der Waals surface area contributed by atoms with Gasteiger partial charge in [-0.1, -0.05) is 81.6 Å². The molecule has 0 aromatic carbocycles. The fraction of sp³-hybridized carbons (Fsp3) is 1.00. The Morgan fingerprint density at radius 2 is 1.31 bits per heavy atom. The van der Waals surface area contributed by atoms with Crippen LogP contribution < -0.4 is 0 Å². The quantitative estimate of drug-likeness (QED) is 0.546. The van der Waals surface area contributed by atoms with Crippen molar-refractivity contribution in [2.45, 2.75) is 81.6 Å². The van der Waals surface area contributed by atoms with Crippen LogP contribution in [-0.2, 0) is 0 Å². The van der Waals surface area contributed by atoms with Crippen molar-refractivity contribution in [1.29, 1.82) is 0 Å². The molecule has 0 N–H and O–H groups in total. The molecule has 0 aliphatic heterocycles. The first kappa shape index (κ1) is 16.0. The zero-order chi connectivity index (χ0) is 13.2. The fourth-order valence-electron chi connectivity index (χ4n) is 2.45. The van der Waals surface area contributed by atoms with Crippen molar-refractivity contribution in [2.24, 2.45) is 22.2 Å². The molecule has 0 saturated carbocycles. The summed E-state index contributed by atoms with van der Waals surface area (Å²) in [5.41, 5.74) is 1.10. The second-order valence-electron chi connectivity index (χ2n) is 7.64. The molecule has 0 bridgehead atoms. The Labute approximate surface area is 104 Å². The maximum absolute atomic E-state index is 2.46. The molecule has 16 heavy (non-hydrogen) atoms. The molecule has 0 aliphatic carbocycles. The largest absolute Gasteiger partial charge is 0.0654 e. The molecule has 0 spiro atoms. The molecule has 0 nitrogen and oxygen atoms in total. The summed E-state index contributed by atoms with van der Waals surface area (Å²) in [4.78, 5) is 0. The van der Waals surface area contributed by atoms with Gasteiger partial charge in [0.15, 0.2) is 0 Å². The third kappa shape index (κ3) is 3.02. The van der Waals surface area contributed by atoms with E-state index in [2.05, 4.69) is 62.3 Å². The first-order chi connectivity index (χ1) is 6.98. The van der Waals surface area contributed by atoms with Gasteiger partial charge in [0.2, 0.25) is 0 Å². The second-order valence-corrected chi connectivity index (χ2v) is 7.64. The molecule has 0 heteroatoms. The van der Waals surface area contributed by atoms with Crippen LogP contribution in [-0.4, -0.2) is 0 Å². The van der Waals surface area contributed by atoms with Gasteiger partial charge in [0.25, 0.3) is 0 Å². The highest BCUT2D eigenvalue weighted by Crippen LogP contribution is 2.55. The molecule has 0 saturated heterocycles. The summed E-state index contributed by atoms with van der Waals surface area (Å²) in [5.74, 6) is 0.793. The van der Waals surface area contributed by atoms with Crippen LogP contribution in [0.4, 0.5) is 0 Å². The Morgan fingerprint density at radius 3 is 1.62 bits per heavy atom. The van der Waals surface area contributed by atoms with E-state index in [9.17, 15) is 0 Å². The third-order valence-electron chi connectivity index (χ3n) is 5.71. The minimum atomic E-state index is 0.354. The van der Waals surface area contributed by atoms with Crippen molar-refractivity contribution in [3.63, 3.8) is 0 Å². The van der Waals surface area contributed by atoms with Crippen molar-refractivity contribution in [3.8, 4) is 0 Å². The summed E-state index contributed by atoms with van der Waals surface area (Å²) in [6, 6.07) is 0. The van der Waals surface area contributed by atoms with Crippen LogP contribution in [0.1, 0.15) is 81.6 Å². The van der Waals surface area contributed by atoms with Gasteiger partial charge >= 0.3 is 0 Å². The molecule has 0 rings (SSSR count). The monoisotopic (exact) mass is 226 g/mol. The zero-order valence-corrected chi connectivity index (χ0v) is 13.2. The Balaban J connectivity index is 4.89. The van der Waals surface area contributed by atoms with E-state index in [1.165, 1.54) is 19.3 Å². The van der Waals surface area contributed by atoms with Crippen LogP contribution in [0.5, 0.6) is 0 Å². The summed E-state index contributed by atoms with van der Waals surface area (Å²) in [5, 5.41) is 0. The predicted octanol–water partition coefficient (Wildman–Crippen LogP) is 5.91. The Morgan fingerprint density at radius 1 is 0.875 bits per heavy atom. The second kappa shape index (κ2) is 5.10.